The van der Waals surface area contributed by atoms with Gasteiger partial charge in [0.1, 0.15) is 5.01 Å². The lowest BCUT2D eigenvalue weighted by atomic mass is 10.1. The fraction of sp³-hybridized carbons (Fsp3) is 0.818. The van der Waals surface area contributed by atoms with Crippen LogP contribution in [-0.2, 0) is 11.3 Å². The Balaban J connectivity index is 1.73. The Kier molecular flexibility index (Phi) is 5.30. The zero-order valence-electron chi connectivity index (χ0n) is 10.6. The third-order valence-electron chi connectivity index (χ3n) is 3.02. The molecule has 102 valence electrons. The summed E-state index contributed by atoms with van der Waals surface area (Å²) in [5.74, 6) is 0. The van der Waals surface area contributed by atoms with Crippen molar-refractivity contribution >= 4 is 16.5 Å². The summed E-state index contributed by atoms with van der Waals surface area (Å²) in [6.07, 6.45) is 2.35. The SMILES string of the molecule is CNc1nnc(CN2CCC(OCCO)CC2)s1. The lowest BCUT2D eigenvalue weighted by Crippen LogP contribution is -2.36. The molecule has 2 heterocycles. The zero-order valence-corrected chi connectivity index (χ0v) is 11.4. The lowest BCUT2D eigenvalue weighted by Gasteiger charge is -2.30. The summed E-state index contributed by atoms with van der Waals surface area (Å²) in [5, 5.41) is 21.8. The molecule has 1 aromatic heterocycles. The summed E-state index contributed by atoms with van der Waals surface area (Å²) in [6, 6.07) is 0. The average molecular weight is 272 g/mol. The first-order valence-corrected chi connectivity index (χ1v) is 7.08. The molecule has 0 amide bonds. The number of nitrogens with one attached hydrogen (secondary N) is 1. The van der Waals surface area contributed by atoms with Crippen LogP contribution in [0.25, 0.3) is 0 Å². The summed E-state index contributed by atoms with van der Waals surface area (Å²) < 4.78 is 5.54. The first-order chi connectivity index (χ1) is 8.81. The van der Waals surface area contributed by atoms with Crippen molar-refractivity contribution in [2.45, 2.75) is 25.5 Å². The van der Waals surface area contributed by atoms with Gasteiger partial charge in [-0.05, 0) is 12.8 Å². The Bertz CT molecular complexity index is 353. The van der Waals surface area contributed by atoms with Crippen molar-refractivity contribution in [3.8, 4) is 0 Å². The van der Waals surface area contributed by atoms with Gasteiger partial charge in [-0.1, -0.05) is 11.3 Å². The normalized spacial score (nSPS) is 18.1. The van der Waals surface area contributed by atoms with Crippen LogP contribution in [0.5, 0.6) is 0 Å². The minimum atomic E-state index is 0.109. The first kappa shape index (κ1) is 13.7. The minimum absolute atomic E-state index is 0.109. The maximum absolute atomic E-state index is 8.71. The summed E-state index contributed by atoms with van der Waals surface area (Å²) in [6.45, 7) is 3.46. The van der Waals surface area contributed by atoms with E-state index in [-0.39, 0.29) is 6.61 Å². The molecule has 18 heavy (non-hydrogen) atoms. The molecule has 0 spiro atoms. The van der Waals surface area contributed by atoms with Gasteiger partial charge in [-0.15, -0.1) is 10.2 Å². The highest BCUT2D eigenvalue weighted by Gasteiger charge is 2.20. The van der Waals surface area contributed by atoms with Gasteiger partial charge < -0.3 is 15.2 Å². The van der Waals surface area contributed by atoms with Crippen molar-refractivity contribution in [1.29, 1.82) is 0 Å². The Morgan fingerprint density at radius 1 is 1.44 bits per heavy atom. The number of rotatable bonds is 6. The third-order valence-corrected chi connectivity index (χ3v) is 3.94. The summed E-state index contributed by atoms with van der Waals surface area (Å²) >= 11 is 1.60. The van der Waals surface area contributed by atoms with E-state index < -0.39 is 0 Å². The van der Waals surface area contributed by atoms with Crippen LogP contribution in [-0.4, -0.2) is 59.7 Å². The second-order valence-electron chi connectivity index (χ2n) is 4.32. The molecular weight excluding hydrogens is 252 g/mol. The van der Waals surface area contributed by atoms with Gasteiger partial charge in [-0.2, -0.15) is 0 Å². The van der Waals surface area contributed by atoms with Crippen molar-refractivity contribution in [2.24, 2.45) is 0 Å². The van der Waals surface area contributed by atoms with Gasteiger partial charge >= 0.3 is 0 Å². The van der Waals surface area contributed by atoms with Crippen LogP contribution < -0.4 is 5.32 Å². The van der Waals surface area contributed by atoms with Crippen LogP contribution in [0.4, 0.5) is 5.13 Å². The first-order valence-electron chi connectivity index (χ1n) is 6.26. The number of aliphatic hydroxyl groups excluding tert-OH is 1. The lowest BCUT2D eigenvalue weighted by molar-refractivity contribution is -0.00904. The van der Waals surface area contributed by atoms with Gasteiger partial charge in [-0.3, -0.25) is 4.90 Å². The molecule has 7 heteroatoms. The molecule has 0 radical (unpaired) electrons. The number of aliphatic hydroxyl groups is 1. The number of hydrogen-bond donors (Lipinski definition) is 2. The predicted octanol–water partition coefficient (Wildman–Crippen LogP) is 0.553. The maximum Gasteiger partial charge on any atom is 0.205 e. The van der Waals surface area contributed by atoms with Crippen molar-refractivity contribution < 1.29 is 9.84 Å². The molecule has 1 aromatic rings. The number of nitrogens with zero attached hydrogens (tertiary/aromatic N) is 3. The molecule has 1 saturated heterocycles. The van der Waals surface area contributed by atoms with E-state index in [1.807, 2.05) is 7.05 Å². The number of ether oxygens (including phenoxy) is 1. The molecule has 0 atom stereocenters. The van der Waals surface area contributed by atoms with E-state index in [0.29, 0.717) is 12.7 Å². The third kappa shape index (κ3) is 3.88. The van der Waals surface area contributed by atoms with Crippen molar-refractivity contribution in [3.05, 3.63) is 5.01 Å². The van der Waals surface area contributed by atoms with Gasteiger partial charge in [0.15, 0.2) is 0 Å². The molecular formula is C11H20N4O2S. The Hall–Kier alpha value is -0.760. The molecule has 0 saturated carbocycles. The highest BCUT2D eigenvalue weighted by molar-refractivity contribution is 7.15. The van der Waals surface area contributed by atoms with Crippen LogP contribution in [0.1, 0.15) is 17.8 Å². The van der Waals surface area contributed by atoms with Gasteiger partial charge in [0.05, 0.1) is 25.9 Å². The van der Waals surface area contributed by atoms with E-state index in [1.54, 1.807) is 11.3 Å². The van der Waals surface area contributed by atoms with Crippen molar-refractivity contribution in [2.75, 3.05) is 38.7 Å². The minimum Gasteiger partial charge on any atom is -0.394 e. The molecule has 1 aliphatic rings. The summed E-state index contributed by atoms with van der Waals surface area (Å²) in [5.41, 5.74) is 0. The van der Waals surface area contributed by atoms with Crippen molar-refractivity contribution in [3.63, 3.8) is 0 Å². The average Bonchev–Trinajstić information content (AvgIpc) is 2.86. The molecule has 2 N–H and O–H groups in total. The van der Waals surface area contributed by atoms with E-state index in [4.69, 9.17) is 9.84 Å². The fourth-order valence-electron chi connectivity index (χ4n) is 2.06. The summed E-state index contributed by atoms with van der Waals surface area (Å²) in [4.78, 5) is 2.37. The van der Waals surface area contributed by atoms with Gasteiger partial charge in [0.25, 0.3) is 0 Å². The predicted molar refractivity (Wildman–Crippen MR) is 70.8 cm³/mol. The van der Waals surface area contributed by atoms with E-state index >= 15 is 0 Å². The van der Waals surface area contributed by atoms with Crippen LogP contribution in [0.3, 0.4) is 0 Å². The number of piperidine rings is 1. The maximum atomic E-state index is 8.71. The smallest absolute Gasteiger partial charge is 0.205 e. The van der Waals surface area contributed by atoms with E-state index in [1.165, 1.54) is 0 Å². The molecule has 1 aliphatic heterocycles. The molecule has 1 fully saturated rings. The highest BCUT2D eigenvalue weighted by atomic mass is 32.1. The standard InChI is InChI=1S/C11H20N4O2S/c1-12-11-14-13-10(18-11)8-15-4-2-9(3-5-15)17-7-6-16/h9,16H,2-8H2,1H3,(H,12,14). The van der Waals surface area contributed by atoms with Gasteiger partial charge in [-0.25, -0.2) is 0 Å². The molecule has 0 unspecified atom stereocenters. The van der Waals surface area contributed by atoms with Gasteiger partial charge in [0.2, 0.25) is 5.13 Å². The molecule has 6 nitrogen and oxygen atoms in total. The molecule has 2 rings (SSSR count). The number of aromatic nitrogens is 2. The van der Waals surface area contributed by atoms with Crippen molar-refractivity contribution in [1.82, 2.24) is 15.1 Å². The van der Waals surface area contributed by atoms with Crippen LogP contribution in [0.2, 0.25) is 0 Å². The fourth-order valence-corrected chi connectivity index (χ4v) is 2.80. The Labute approximate surface area is 111 Å². The monoisotopic (exact) mass is 272 g/mol. The molecule has 0 aliphatic carbocycles. The van der Waals surface area contributed by atoms with E-state index in [0.717, 1.165) is 42.6 Å². The topological polar surface area (TPSA) is 70.5 Å². The Morgan fingerprint density at radius 2 is 2.22 bits per heavy atom. The second-order valence-corrected chi connectivity index (χ2v) is 5.38. The highest BCUT2D eigenvalue weighted by Crippen LogP contribution is 2.19. The number of likely N-dealkylation sites (tertiary alicyclic amines) is 1. The number of anilines is 1. The Morgan fingerprint density at radius 3 is 2.83 bits per heavy atom. The molecule has 0 bridgehead atoms. The quantitative estimate of drug-likeness (QED) is 0.788. The van der Waals surface area contributed by atoms with E-state index in [2.05, 4.69) is 20.4 Å². The largest absolute Gasteiger partial charge is 0.394 e. The molecule has 0 aromatic carbocycles. The summed E-state index contributed by atoms with van der Waals surface area (Å²) in [7, 11) is 1.86. The van der Waals surface area contributed by atoms with Gasteiger partial charge in [0, 0.05) is 20.1 Å². The van der Waals surface area contributed by atoms with Crippen LogP contribution in [0, 0.1) is 0 Å². The van der Waals surface area contributed by atoms with E-state index in [9.17, 15) is 0 Å². The van der Waals surface area contributed by atoms with Crippen LogP contribution in [0.15, 0.2) is 0 Å². The number of hydrogen-bond acceptors (Lipinski definition) is 7. The van der Waals surface area contributed by atoms with Crippen LogP contribution >= 0.6 is 11.3 Å². The zero-order chi connectivity index (χ0) is 12.8. The second kappa shape index (κ2) is 6.98.